The summed E-state index contributed by atoms with van der Waals surface area (Å²) < 4.78 is 4.42. The lowest BCUT2D eigenvalue weighted by molar-refractivity contribution is -0.294. The molecule has 4 nitrogen and oxygen atoms in total. The van der Waals surface area contributed by atoms with E-state index < -0.39 is 0 Å². The molecule has 0 saturated heterocycles. The Morgan fingerprint density at radius 3 is 2.75 bits per heavy atom. The maximum Gasteiger partial charge on any atom is 0.181 e. The SMILES string of the molecule is CC(=O)COCOO. The number of carbonyl (C=O) groups excluding carboxylic acids is 1. The minimum Gasteiger partial charge on any atom is -0.344 e. The van der Waals surface area contributed by atoms with Gasteiger partial charge in [-0.15, -0.1) is 0 Å². The van der Waals surface area contributed by atoms with E-state index >= 15 is 0 Å². The van der Waals surface area contributed by atoms with Crippen LogP contribution in [0.5, 0.6) is 0 Å². The quantitative estimate of drug-likeness (QED) is 0.246. The van der Waals surface area contributed by atoms with Gasteiger partial charge in [0.25, 0.3) is 0 Å². The molecular weight excluding hydrogens is 112 g/mol. The van der Waals surface area contributed by atoms with Crippen LogP contribution in [0.1, 0.15) is 6.92 Å². The van der Waals surface area contributed by atoms with E-state index in [1.54, 1.807) is 0 Å². The lowest BCUT2D eigenvalue weighted by atomic mass is 10.5. The highest BCUT2D eigenvalue weighted by atomic mass is 17.1. The second kappa shape index (κ2) is 4.70. The van der Waals surface area contributed by atoms with E-state index in [9.17, 15) is 4.79 Å². The van der Waals surface area contributed by atoms with Gasteiger partial charge in [-0.1, -0.05) is 0 Å². The average Bonchev–Trinajstić information content (AvgIpc) is 1.66. The van der Waals surface area contributed by atoms with Crippen LogP contribution in [0.3, 0.4) is 0 Å². The van der Waals surface area contributed by atoms with E-state index in [1.807, 2.05) is 0 Å². The predicted octanol–water partition coefficient (Wildman–Crippen LogP) is 0.0391. The first kappa shape index (κ1) is 7.55. The van der Waals surface area contributed by atoms with Crippen LogP contribution in [0.4, 0.5) is 0 Å². The number of ketones is 1. The molecule has 0 rings (SSSR count). The van der Waals surface area contributed by atoms with E-state index in [0.717, 1.165) is 0 Å². The van der Waals surface area contributed by atoms with Crippen LogP contribution >= 0.6 is 0 Å². The van der Waals surface area contributed by atoms with Gasteiger partial charge in [-0.05, 0) is 6.92 Å². The fourth-order valence-electron chi connectivity index (χ4n) is 0.223. The molecule has 0 amide bonds. The van der Waals surface area contributed by atoms with Crippen molar-refractivity contribution in [2.24, 2.45) is 0 Å². The Morgan fingerprint density at radius 1 is 1.75 bits per heavy atom. The maximum absolute atomic E-state index is 10.1. The molecule has 0 atom stereocenters. The van der Waals surface area contributed by atoms with Gasteiger partial charge in [0.15, 0.2) is 12.6 Å². The highest BCUT2D eigenvalue weighted by molar-refractivity contribution is 5.76. The summed E-state index contributed by atoms with van der Waals surface area (Å²) in [5, 5.41) is 7.64. The lowest BCUT2D eigenvalue weighted by Crippen LogP contribution is -2.05. The van der Waals surface area contributed by atoms with Gasteiger partial charge < -0.3 is 4.74 Å². The molecule has 8 heavy (non-hydrogen) atoms. The van der Waals surface area contributed by atoms with Crippen molar-refractivity contribution in [1.29, 1.82) is 0 Å². The van der Waals surface area contributed by atoms with E-state index in [1.165, 1.54) is 6.92 Å². The van der Waals surface area contributed by atoms with Crippen LogP contribution in [0.25, 0.3) is 0 Å². The molecule has 0 saturated carbocycles. The second-order valence-corrected chi connectivity index (χ2v) is 1.30. The fraction of sp³-hybridized carbons (Fsp3) is 0.750. The lowest BCUT2D eigenvalue weighted by Gasteiger charge is -1.94. The van der Waals surface area contributed by atoms with Crippen LogP contribution in [-0.2, 0) is 14.4 Å². The summed E-state index contributed by atoms with van der Waals surface area (Å²) in [6, 6.07) is 0. The molecule has 0 aromatic heterocycles. The zero-order chi connectivity index (χ0) is 6.41. The molecule has 0 aromatic rings. The highest BCUT2D eigenvalue weighted by Gasteiger charge is 1.89. The van der Waals surface area contributed by atoms with Crippen molar-refractivity contribution in [2.45, 2.75) is 6.92 Å². The summed E-state index contributed by atoms with van der Waals surface area (Å²) in [4.78, 5) is 13.6. The van der Waals surface area contributed by atoms with Crippen molar-refractivity contribution in [3.8, 4) is 0 Å². The third-order valence-corrected chi connectivity index (χ3v) is 0.441. The molecule has 0 aliphatic heterocycles. The van der Waals surface area contributed by atoms with E-state index in [0.29, 0.717) is 0 Å². The third-order valence-electron chi connectivity index (χ3n) is 0.441. The first-order chi connectivity index (χ1) is 3.77. The van der Waals surface area contributed by atoms with Gasteiger partial charge in [0.2, 0.25) is 0 Å². The van der Waals surface area contributed by atoms with Crippen LogP contribution in [-0.4, -0.2) is 24.4 Å². The van der Waals surface area contributed by atoms with Gasteiger partial charge in [-0.3, -0.25) is 4.79 Å². The van der Waals surface area contributed by atoms with Gasteiger partial charge in [-0.2, -0.15) is 0 Å². The molecular formula is C4H8O4. The Kier molecular flexibility index (Phi) is 4.44. The van der Waals surface area contributed by atoms with Gasteiger partial charge >= 0.3 is 0 Å². The molecule has 1 N–H and O–H groups in total. The third kappa shape index (κ3) is 5.55. The van der Waals surface area contributed by atoms with Crippen LogP contribution in [0.2, 0.25) is 0 Å². The van der Waals surface area contributed by atoms with Crippen LogP contribution in [0.15, 0.2) is 0 Å². The Labute approximate surface area is 46.9 Å². The number of rotatable bonds is 4. The second-order valence-electron chi connectivity index (χ2n) is 1.30. The van der Waals surface area contributed by atoms with Crippen molar-refractivity contribution in [3.63, 3.8) is 0 Å². The van der Waals surface area contributed by atoms with Crippen molar-refractivity contribution in [1.82, 2.24) is 0 Å². The van der Waals surface area contributed by atoms with Gasteiger partial charge in [0.05, 0.1) is 0 Å². The summed E-state index contributed by atoms with van der Waals surface area (Å²) in [6.07, 6.45) is 0. The summed E-state index contributed by atoms with van der Waals surface area (Å²) in [5.41, 5.74) is 0. The maximum atomic E-state index is 10.1. The molecule has 0 radical (unpaired) electrons. The van der Waals surface area contributed by atoms with Gasteiger partial charge in [0, 0.05) is 0 Å². The minimum absolute atomic E-state index is 0.0133. The standard InChI is InChI=1S/C4H8O4/c1-4(5)2-7-3-8-6/h6H,2-3H2,1H3. The molecule has 0 aliphatic carbocycles. The summed E-state index contributed by atoms with van der Waals surface area (Å²) in [7, 11) is 0. The number of carbonyl (C=O) groups is 1. The molecule has 0 aliphatic rings. The minimum atomic E-state index is -0.250. The first-order valence-corrected chi connectivity index (χ1v) is 2.11. The Morgan fingerprint density at radius 2 is 2.38 bits per heavy atom. The van der Waals surface area contributed by atoms with Crippen molar-refractivity contribution in [2.75, 3.05) is 13.4 Å². The molecule has 0 aromatic carbocycles. The normalized spacial score (nSPS) is 9.25. The summed E-state index contributed by atoms with van der Waals surface area (Å²) >= 11 is 0. The molecule has 0 spiro atoms. The van der Waals surface area contributed by atoms with E-state index in [-0.39, 0.29) is 19.2 Å². The number of hydrogen-bond donors (Lipinski definition) is 1. The smallest absolute Gasteiger partial charge is 0.181 e. The summed E-state index contributed by atoms with van der Waals surface area (Å²) in [5.74, 6) is -0.0953. The molecule has 0 fully saturated rings. The number of Topliss-reactive ketones (excluding diaryl/α,β-unsaturated/α-hetero) is 1. The van der Waals surface area contributed by atoms with Crippen molar-refractivity contribution >= 4 is 5.78 Å². The molecule has 48 valence electrons. The Bertz CT molecular complexity index is 70.4. The van der Waals surface area contributed by atoms with Gasteiger partial charge in [0.1, 0.15) is 6.61 Å². The van der Waals surface area contributed by atoms with E-state index in [4.69, 9.17) is 5.26 Å². The number of hydrogen-bond acceptors (Lipinski definition) is 4. The van der Waals surface area contributed by atoms with Gasteiger partial charge in [-0.25, -0.2) is 10.1 Å². The Balaban J connectivity index is 2.82. The molecule has 0 bridgehead atoms. The summed E-state index contributed by atoms with van der Waals surface area (Å²) in [6.45, 7) is 1.12. The van der Waals surface area contributed by atoms with Crippen LogP contribution < -0.4 is 0 Å². The fourth-order valence-corrected chi connectivity index (χ4v) is 0.223. The number of ether oxygens (including phenoxy) is 1. The first-order valence-electron chi connectivity index (χ1n) is 2.11. The topological polar surface area (TPSA) is 55.8 Å². The monoisotopic (exact) mass is 120 g/mol. The average molecular weight is 120 g/mol. The van der Waals surface area contributed by atoms with Crippen molar-refractivity contribution in [3.05, 3.63) is 0 Å². The van der Waals surface area contributed by atoms with Crippen molar-refractivity contribution < 1.29 is 19.7 Å². The zero-order valence-corrected chi connectivity index (χ0v) is 4.59. The zero-order valence-electron chi connectivity index (χ0n) is 4.59. The highest BCUT2D eigenvalue weighted by Crippen LogP contribution is 1.74. The Hall–Kier alpha value is -0.450. The largest absolute Gasteiger partial charge is 0.344 e. The van der Waals surface area contributed by atoms with E-state index in [2.05, 4.69) is 9.62 Å². The van der Waals surface area contributed by atoms with Crippen LogP contribution in [0, 0.1) is 0 Å². The molecule has 0 unspecified atom stereocenters. The molecule has 0 heterocycles. The predicted molar refractivity (Wildman–Crippen MR) is 25.2 cm³/mol. The molecule has 4 heteroatoms.